The number of aldehydes is 1. The van der Waals surface area contributed by atoms with Crippen molar-refractivity contribution in [3.8, 4) is 0 Å². The van der Waals surface area contributed by atoms with Gasteiger partial charge in [-0.1, -0.05) is 0 Å². The second-order valence-electron chi connectivity index (χ2n) is 2.61. The molecule has 0 aromatic heterocycles. The molecule has 58 valence electrons. The van der Waals surface area contributed by atoms with Gasteiger partial charge in [0, 0.05) is 13.1 Å². The first-order valence-corrected chi connectivity index (χ1v) is 3.75. The molecule has 0 aromatic rings. The maximum Gasteiger partial charge on any atom is 0.151 e. The highest BCUT2D eigenvalue weighted by Crippen LogP contribution is 2.08. The molecule has 3 heteroatoms. The summed E-state index contributed by atoms with van der Waals surface area (Å²) in [5.41, 5.74) is 0. The van der Waals surface area contributed by atoms with E-state index >= 15 is 0 Å². The van der Waals surface area contributed by atoms with E-state index in [1.807, 2.05) is 7.05 Å². The third-order valence-corrected chi connectivity index (χ3v) is 1.96. The van der Waals surface area contributed by atoms with Gasteiger partial charge in [-0.05, 0) is 19.9 Å². The molecule has 3 nitrogen and oxygen atoms in total. The number of nitrogens with zero attached hydrogens (tertiary/aromatic N) is 1. The zero-order valence-electron chi connectivity index (χ0n) is 6.34. The molecule has 0 amide bonds. The maximum absolute atomic E-state index is 10.4. The van der Waals surface area contributed by atoms with Gasteiger partial charge in [0.1, 0.15) is 6.17 Å². The number of hydrogen-bond acceptors (Lipinski definition) is 3. The van der Waals surface area contributed by atoms with Crippen molar-refractivity contribution in [1.82, 2.24) is 10.2 Å². The van der Waals surface area contributed by atoms with Crippen molar-refractivity contribution in [2.24, 2.45) is 0 Å². The Kier molecular flexibility index (Phi) is 2.83. The van der Waals surface area contributed by atoms with Gasteiger partial charge in [0.15, 0.2) is 6.29 Å². The smallest absolute Gasteiger partial charge is 0.151 e. The molecular formula is C7H14N2O. The second kappa shape index (κ2) is 3.68. The fourth-order valence-electron chi connectivity index (χ4n) is 1.36. The van der Waals surface area contributed by atoms with Crippen LogP contribution < -0.4 is 5.32 Å². The van der Waals surface area contributed by atoms with E-state index in [0.29, 0.717) is 0 Å². The maximum atomic E-state index is 10.4. The monoisotopic (exact) mass is 142 g/mol. The number of likely N-dealkylation sites (tertiary alicyclic amines) is 1. The standard InChI is InChI=1S/C7H14N2O/c1-8-7(6-10)9-4-2-3-5-9/h6-8H,2-5H2,1H3. The third-order valence-electron chi connectivity index (χ3n) is 1.96. The molecule has 1 N–H and O–H groups in total. The van der Waals surface area contributed by atoms with Crippen LogP contribution in [-0.4, -0.2) is 37.5 Å². The average molecular weight is 142 g/mol. The first-order chi connectivity index (χ1) is 4.88. The molecule has 0 saturated carbocycles. The molecule has 0 radical (unpaired) electrons. The minimum absolute atomic E-state index is 0.0532. The molecule has 1 fully saturated rings. The van der Waals surface area contributed by atoms with E-state index in [4.69, 9.17) is 0 Å². The Balaban J connectivity index is 2.36. The van der Waals surface area contributed by atoms with Crippen LogP contribution in [-0.2, 0) is 4.79 Å². The molecule has 0 aliphatic carbocycles. The van der Waals surface area contributed by atoms with Crippen molar-refractivity contribution < 1.29 is 4.79 Å². The zero-order valence-corrected chi connectivity index (χ0v) is 6.34. The molecule has 1 heterocycles. The molecule has 1 aliphatic rings. The molecule has 0 bridgehead atoms. The number of likely N-dealkylation sites (N-methyl/N-ethyl adjacent to an activating group) is 1. The van der Waals surface area contributed by atoms with Gasteiger partial charge in [0.25, 0.3) is 0 Å². The SMILES string of the molecule is CNC(C=O)N1CCCC1. The number of carbonyl (C=O) groups is 1. The van der Waals surface area contributed by atoms with Gasteiger partial charge in [-0.15, -0.1) is 0 Å². The van der Waals surface area contributed by atoms with Crippen LogP contribution in [0.4, 0.5) is 0 Å². The van der Waals surface area contributed by atoms with Gasteiger partial charge in [-0.3, -0.25) is 10.2 Å². The van der Waals surface area contributed by atoms with Crippen molar-refractivity contribution in [3.05, 3.63) is 0 Å². The molecule has 1 atom stereocenters. The quantitative estimate of drug-likeness (QED) is 0.555. The van der Waals surface area contributed by atoms with E-state index in [2.05, 4.69) is 10.2 Å². The molecule has 0 aromatic carbocycles. The Morgan fingerprint density at radius 2 is 2.10 bits per heavy atom. The van der Waals surface area contributed by atoms with E-state index in [1.54, 1.807) is 0 Å². The molecule has 0 spiro atoms. The van der Waals surface area contributed by atoms with E-state index < -0.39 is 0 Å². The summed E-state index contributed by atoms with van der Waals surface area (Å²) < 4.78 is 0. The van der Waals surface area contributed by atoms with Crippen LogP contribution >= 0.6 is 0 Å². The molecule has 1 unspecified atom stereocenters. The molecular weight excluding hydrogens is 128 g/mol. The van der Waals surface area contributed by atoms with E-state index in [-0.39, 0.29) is 6.17 Å². The molecule has 1 rings (SSSR count). The van der Waals surface area contributed by atoms with Crippen molar-refractivity contribution >= 4 is 6.29 Å². The van der Waals surface area contributed by atoms with Crippen molar-refractivity contribution in [2.75, 3.05) is 20.1 Å². The van der Waals surface area contributed by atoms with Gasteiger partial charge in [-0.2, -0.15) is 0 Å². The lowest BCUT2D eigenvalue weighted by molar-refractivity contribution is -0.112. The van der Waals surface area contributed by atoms with Gasteiger partial charge in [0.05, 0.1) is 0 Å². The van der Waals surface area contributed by atoms with E-state index in [1.165, 1.54) is 12.8 Å². The highest BCUT2D eigenvalue weighted by Gasteiger charge is 2.18. The van der Waals surface area contributed by atoms with E-state index in [0.717, 1.165) is 19.4 Å². The normalized spacial score (nSPS) is 22.9. The summed E-state index contributed by atoms with van der Waals surface area (Å²) in [4.78, 5) is 12.6. The lowest BCUT2D eigenvalue weighted by atomic mass is 10.4. The van der Waals surface area contributed by atoms with Crippen molar-refractivity contribution in [3.63, 3.8) is 0 Å². The Bertz CT molecular complexity index is 110. The topological polar surface area (TPSA) is 32.3 Å². The number of nitrogens with one attached hydrogen (secondary N) is 1. The van der Waals surface area contributed by atoms with Gasteiger partial charge in [0.2, 0.25) is 0 Å². The molecule has 1 saturated heterocycles. The summed E-state index contributed by atoms with van der Waals surface area (Å²) in [6, 6.07) is 0. The highest BCUT2D eigenvalue weighted by molar-refractivity contribution is 5.56. The van der Waals surface area contributed by atoms with Gasteiger partial charge >= 0.3 is 0 Å². The minimum Gasteiger partial charge on any atom is -0.300 e. The van der Waals surface area contributed by atoms with Crippen LogP contribution in [0.3, 0.4) is 0 Å². The number of carbonyl (C=O) groups excluding carboxylic acids is 1. The fraction of sp³-hybridized carbons (Fsp3) is 0.857. The minimum atomic E-state index is -0.0532. The Hall–Kier alpha value is -0.410. The summed E-state index contributed by atoms with van der Waals surface area (Å²) in [6.45, 7) is 2.12. The predicted octanol–water partition coefficient (Wildman–Crippen LogP) is -0.173. The first kappa shape index (κ1) is 7.69. The van der Waals surface area contributed by atoms with Crippen LogP contribution in [0.15, 0.2) is 0 Å². The summed E-state index contributed by atoms with van der Waals surface area (Å²) in [5, 5.41) is 2.95. The van der Waals surface area contributed by atoms with Crippen LogP contribution in [0.1, 0.15) is 12.8 Å². The predicted molar refractivity (Wildman–Crippen MR) is 39.7 cm³/mol. The number of rotatable bonds is 3. The lowest BCUT2D eigenvalue weighted by Gasteiger charge is -2.20. The van der Waals surface area contributed by atoms with E-state index in [9.17, 15) is 4.79 Å². The summed E-state index contributed by atoms with van der Waals surface area (Å²) in [7, 11) is 1.82. The van der Waals surface area contributed by atoms with Crippen LogP contribution in [0, 0.1) is 0 Å². The Labute approximate surface area is 61.4 Å². The highest BCUT2D eigenvalue weighted by atomic mass is 16.1. The Morgan fingerprint density at radius 3 is 2.50 bits per heavy atom. The van der Waals surface area contributed by atoms with Gasteiger partial charge < -0.3 is 4.79 Å². The molecule has 10 heavy (non-hydrogen) atoms. The third kappa shape index (κ3) is 1.55. The second-order valence-corrected chi connectivity index (χ2v) is 2.61. The lowest BCUT2D eigenvalue weighted by Crippen LogP contribution is -2.43. The van der Waals surface area contributed by atoms with Crippen LogP contribution in [0.5, 0.6) is 0 Å². The van der Waals surface area contributed by atoms with Crippen molar-refractivity contribution in [2.45, 2.75) is 19.0 Å². The number of hydrogen-bond donors (Lipinski definition) is 1. The summed E-state index contributed by atoms with van der Waals surface area (Å²) in [6.07, 6.45) is 3.37. The average Bonchev–Trinajstić information content (AvgIpc) is 2.43. The molecule has 1 aliphatic heterocycles. The van der Waals surface area contributed by atoms with Crippen LogP contribution in [0.25, 0.3) is 0 Å². The van der Waals surface area contributed by atoms with Crippen molar-refractivity contribution in [1.29, 1.82) is 0 Å². The van der Waals surface area contributed by atoms with Crippen LogP contribution in [0.2, 0.25) is 0 Å². The first-order valence-electron chi connectivity index (χ1n) is 3.75. The Morgan fingerprint density at radius 1 is 1.50 bits per heavy atom. The summed E-state index contributed by atoms with van der Waals surface area (Å²) in [5.74, 6) is 0. The van der Waals surface area contributed by atoms with Gasteiger partial charge in [-0.25, -0.2) is 0 Å². The zero-order chi connectivity index (χ0) is 7.40. The summed E-state index contributed by atoms with van der Waals surface area (Å²) >= 11 is 0. The largest absolute Gasteiger partial charge is 0.300 e. The fourth-order valence-corrected chi connectivity index (χ4v) is 1.36.